The Balaban J connectivity index is 1.45. The Labute approximate surface area is 221 Å². The highest BCUT2D eigenvalue weighted by Crippen LogP contribution is 2.31. The maximum absolute atomic E-state index is 14.4. The first-order valence-corrected chi connectivity index (χ1v) is 13.5. The molecule has 0 saturated carbocycles. The summed E-state index contributed by atoms with van der Waals surface area (Å²) in [5.41, 5.74) is -1.24. The zero-order valence-corrected chi connectivity index (χ0v) is 21.6. The van der Waals surface area contributed by atoms with E-state index in [9.17, 15) is 26.4 Å². The second-order valence-corrected chi connectivity index (χ2v) is 10.9. The van der Waals surface area contributed by atoms with Crippen LogP contribution in [-0.4, -0.2) is 74.5 Å². The number of alkyl halides is 2. The minimum atomic E-state index is -4.83. The molecule has 0 amide bonds. The zero-order valence-electron chi connectivity index (χ0n) is 20.0. The number of halogens is 4. The number of hydrogen-bond donors (Lipinski definition) is 2. The van der Waals surface area contributed by atoms with Gasteiger partial charge in [-0.1, -0.05) is 11.6 Å². The van der Waals surface area contributed by atoms with E-state index in [-0.39, 0.29) is 46.9 Å². The van der Waals surface area contributed by atoms with Gasteiger partial charge in [0.1, 0.15) is 10.8 Å². The Kier molecular flexibility index (Phi) is 8.78. The second kappa shape index (κ2) is 11.9. The van der Waals surface area contributed by atoms with Crippen molar-refractivity contribution in [2.75, 3.05) is 49.0 Å². The molecule has 1 atom stereocenters. The topological polar surface area (TPSA) is 133 Å². The summed E-state index contributed by atoms with van der Waals surface area (Å²) in [6.07, 6.45) is 1.58. The maximum Gasteiger partial charge on any atom is 0.329 e. The molecule has 16 heteroatoms. The molecule has 3 heterocycles. The number of rotatable bonds is 8. The maximum atomic E-state index is 14.4. The number of morpholine rings is 1. The highest BCUT2D eigenvalue weighted by atomic mass is 35.5. The Bertz CT molecular complexity index is 1360. The minimum Gasteiger partial charge on any atom is -0.381 e. The molecule has 2 N–H and O–H groups in total. The summed E-state index contributed by atoms with van der Waals surface area (Å²) in [6, 6.07) is 3.73. The van der Waals surface area contributed by atoms with Crippen molar-refractivity contribution in [1.29, 1.82) is 5.26 Å². The number of benzene rings is 1. The number of nitrogens with one attached hydrogen (secondary N) is 2. The van der Waals surface area contributed by atoms with Crippen molar-refractivity contribution in [2.24, 2.45) is 0 Å². The molecule has 0 aliphatic carbocycles. The lowest BCUT2D eigenvalue weighted by atomic mass is 10.1. The van der Waals surface area contributed by atoms with Crippen molar-refractivity contribution in [3.63, 3.8) is 0 Å². The predicted octanol–water partition coefficient (Wildman–Crippen LogP) is 1.92. The molecule has 4 rings (SSSR count). The van der Waals surface area contributed by atoms with Crippen LogP contribution in [0.2, 0.25) is 5.02 Å². The third-order valence-corrected chi connectivity index (χ3v) is 8.55. The van der Waals surface area contributed by atoms with Gasteiger partial charge < -0.3 is 15.4 Å². The average Bonchev–Trinajstić information content (AvgIpc) is 2.91. The lowest BCUT2D eigenvalue weighted by Gasteiger charge is -2.35. The van der Waals surface area contributed by atoms with Gasteiger partial charge in [0.2, 0.25) is 0 Å². The van der Waals surface area contributed by atoms with Gasteiger partial charge in [-0.2, -0.15) is 36.2 Å². The number of nitriles is 1. The lowest BCUT2D eigenvalue weighted by molar-refractivity contribution is 0.0806. The van der Waals surface area contributed by atoms with Crippen molar-refractivity contribution in [3.05, 3.63) is 51.2 Å². The molecule has 1 aromatic carbocycles. The van der Waals surface area contributed by atoms with E-state index in [0.717, 1.165) is 21.1 Å². The van der Waals surface area contributed by atoms with E-state index >= 15 is 0 Å². The summed E-state index contributed by atoms with van der Waals surface area (Å²) in [5.74, 6) is -1.27. The van der Waals surface area contributed by atoms with E-state index in [1.165, 1.54) is 6.20 Å². The Hall–Kier alpha value is -2.90. The van der Waals surface area contributed by atoms with Gasteiger partial charge in [0.25, 0.3) is 5.56 Å². The smallest absolute Gasteiger partial charge is 0.329 e. The van der Waals surface area contributed by atoms with E-state index in [4.69, 9.17) is 21.6 Å². The van der Waals surface area contributed by atoms with Crippen LogP contribution in [0.5, 0.6) is 0 Å². The molecule has 2 fully saturated rings. The Morgan fingerprint density at radius 2 is 2.08 bits per heavy atom. The van der Waals surface area contributed by atoms with Crippen LogP contribution in [0.15, 0.2) is 29.2 Å². The van der Waals surface area contributed by atoms with Gasteiger partial charge in [-0.3, -0.25) is 4.79 Å². The van der Waals surface area contributed by atoms with E-state index in [1.54, 1.807) is 6.07 Å². The molecule has 2 aromatic rings. The number of hydrogen-bond acceptors (Lipinski definition) is 8. The summed E-state index contributed by atoms with van der Waals surface area (Å²) in [4.78, 5) is 12.9. The fourth-order valence-corrected chi connectivity index (χ4v) is 6.06. The summed E-state index contributed by atoms with van der Waals surface area (Å²) < 4.78 is 75.3. The van der Waals surface area contributed by atoms with Gasteiger partial charge in [-0.05, 0) is 31.0 Å². The third kappa shape index (κ3) is 5.89. The van der Waals surface area contributed by atoms with Crippen LogP contribution in [0, 0.1) is 17.1 Å². The van der Waals surface area contributed by atoms with Crippen LogP contribution in [0.25, 0.3) is 0 Å². The van der Waals surface area contributed by atoms with Crippen LogP contribution in [0.4, 0.5) is 24.5 Å². The normalized spacial score (nSPS) is 19.3. The summed E-state index contributed by atoms with van der Waals surface area (Å²) in [6.45, 7) is -1.69. The first kappa shape index (κ1) is 28.1. The molecular formula is C22H25ClF3N7O4S. The summed E-state index contributed by atoms with van der Waals surface area (Å²) in [5, 5.41) is 19.3. The van der Waals surface area contributed by atoms with Crippen molar-refractivity contribution in [2.45, 2.75) is 31.5 Å². The summed E-state index contributed by atoms with van der Waals surface area (Å²) in [7, 11) is -4.83. The standard InChI is InChI=1S/C22H25ClF3N7O4S/c23-20-18(29-11-15-13-37-8-5-28-15)12-30-32(21(20)34)16-3-6-31(7-4-16)38(35,36)33(22(25)26)19-2-1-14(10-27)9-17(19)24/h1-2,9,12,15-16,22,28-29H,3-8,11,13H2/t15-/m1/s1. The molecule has 2 aliphatic rings. The molecule has 1 aromatic heterocycles. The third-order valence-electron chi connectivity index (χ3n) is 6.32. The molecule has 2 saturated heterocycles. The number of aromatic nitrogens is 2. The molecular weight excluding hydrogens is 551 g/mol. The molecule has 38 heavy (non-hydrogen) atoms. The Morgan fingerprint density at radius 1 is 1.34 bits per heavy atom. The molecule has 2 aliphatic heterocycles. The van der Waals surface area contributed by atoms with Crippen LogP contribution in [0.1, 0.15) is 24.4 Å². The highest BCUT2D eigenvalue weighted by Gasteiger charge is 2.39. The first-order chi connectivity index (χ1) is 18.1. The van der Waals surface area contributed by atoms with Crippen LogP contribution >= 0.6 is 11.6 Å². The number of ether oxygens (including phenoxy) is 1. The predicted molar refractivity (Wildman–Crippen MR) is 133 cm³/mol. The highest BCUT2D eigenvalue weighted by molar-refractivity contribution is 7.90. The minimum absolute atomic E-state index is 0.0408. The van der Waals surface area contributed by atoms with E-state index < -0.39 is 39.9 Å². The number of anilines is 2. The molecule has 11 nitrogen and oxygen atoms in total. The molecule has 0 spiro atoms. The van der Waals surface area contributed by atoms with Crippen molar-refractivity contribution in [1.82, 2.24) is 19.4 Å². The number of nitrogens with zero attached hydrogens (tertiary/aromatic N) is 5. The first-order valence-electron chi connectivity index (χ1n) is 11.7. The van der Waals surface area contributed by atoms with E-state index in [2.05, 4.69) is 15.7 Å². The molecule has 206 valence electrons. The lowest BCUT2D eigenvalue weighted by Crippen LogP contribution is -2.50. The number of piperidine rings is 1. The van der Waals surface area contributed by atoms with Crippen molar-refractivity contribution in [3.8, 4) is 6.07 Å². The van der Waals surface area contributed by atoms with Crippen LogP contribution in [0.3, 0.4) is 0 Å². The summed E-state index contributed by atoms with van der Waals surface area (Å²) >= 11 is 6.28. The fourth-order valence-electron chi connectivity index (χ4n) is 4.34. The molecule has 0 unspecified atom stereocenters. The molecule has 0 radical (unpaired) electrons. The van der Waals surface area contributed by atoms with Gasteiger partial charge >= 0.3 is 16.8 Å². The van der Waals surface area contributed by atoms with E-state index in [0.29, 0.717) is 38.1 Å². The fraction of sp³-hybridized carbons (Fsp3) is 0.500. The van der Waals surface area contributed by atoms with Crippen molar-refractivity contribution >= 4 is 33.2 Å². The van der Waals surface area contributed by atoms with Gasteiger partial charge in [0.05, 0.1) is 48.5 Å². The van der Waals surface area contributed by atoms with Gasteiger partial charge in [0, 0.05) is 32.2 Å². The van der Waals surface area contributed by atoms with Crippen LogP contribution < -0.4 is 20.5 Å². The SMILES string of the molecule is N#Cc1ccc(N(C(F)F)S(=O)(=O)N2CCC(n3ncc(NC[C@@H]4COCCN4)c(Cl)c3=O)CC2)c(F)c1. The van der Waals surface area contributed by atoms with Gasteiger partial charge in [-0.25, -0.2) is 9.07 Å². The largest absolute Gasteiger partial charge is 0.381 e. The van der Waals surface area contributed by atoms with E-state index in [1.807, 2.05) is 0 Å². The second-order valence-electron chi connectivity index (χ2n) is 8.72. The quantitative estimate of drug-likeness (QED) is 0.456. The molecule has 0 bridgehead atoms. The van der Waals surface area contributed by atoms with Crippen molar-refractivity contribution < 1.29 is 26.3 Å². The average molecular weight is 576 g/mol. The van der Waals surface area contributed by atoms with Gasteiger partial charge in [-0.15, -0.1) is 0 Å². The monoisotopic (exact) mass is 575 g/mol. The Morgan fingerprint density at radius 3 is 2.68 bits per heavy atom. The van der Waals surface area contributed by atoms with Crippen LogP contribution in [-0.2, 0) is 14.9 Å². The zero-order chi connectivity index (χ0) is 27.4. The van der Waals surface area contributed by atoms with Gasteiger partial charge in [0.15, 0.2) is 0 Å².